The van der Waals surface area contributed by atoms with E-state index < -0.39 is 0 Å². The molecule has 0 radical (unpaired) electrons. The summed E-state index contributed by atoms with van der Waals surface area (Å²) in [6.45, 7) is 3.07. The molecule has 1 aliphatic heterocycles. The van der Waals surface area contributed by atoms with Gasteiger partial charge in [-0.25, -0.2) is 0 Å². The summed E-state index contributed by atoms with van der Waals surface area (Å²) in [4.78, 5) is 25.7. The monoisotopic (exact) mass is 277 g/mol. The third-order valence-electron chi connectivity index (χ3n) is 3.92. The fourth-order valence-electron chi connectivity index (χ4n) is 2.52. The number of amides is 2. The van der Waals surface area contributed by atoms with Crippen LogP contribution in [0.4, 0.5) is 0 Å². The fourth-order valence-corrected chi connectivity index (χ4v) is 2.52. The average Bonchev–Trinajstić information content (AvgIpc) is 3.21. The number of nitrogens with one attached hydrogen (secondary N) is 1. The second-order valence-corrected chi connectivity index (χ2v) is 5.67. The highest BCUT2D eigenvalue weighted by Crippen LogP contribution is 2.29. The maximum Gasteiger partial charge on any atom is 0.276 e. The van der Waals surface area contributed by atoms with Crippen molar-refractivity contribution in [3.63, 3.8) is 0 Å². The van der Waals surface area contributed by atoms with Crippen molar-refractivity contribution in [2.45, 2.75) is 38.6 Å². The third-order valence-corrected chi connectivity index (χ3v) is 3.92. The molecule has 2 amide bonds. The number of piperidine rings is 1. The molecule has 1 saturated carbocycles. The first-order valence-corrected chi connectivity index (χ1v) is 7.16. The van der Waals surface area contributed by atoms with Crippen molar-refractivity contribution < 1.29 is 14.1 Å². The molecule has 1 saturated heterocycles. The lowest BCUT2D eigenvalue weighted by Gasteiger charge is -2.31. The molecule has 1 aromatic rings. The molecule has 2 heterocycles. The van der Waals surface area contributed by atoms with Crippen LogP contribution in [-0.2, 0) is 4.79 Å². The zero-order valence-corrected chi connectivity index (χ0v) is 11.6. The van der Waals surface area contributed by atoms with Crippen LogP contribution in [0.1, 0.15) is 41.9 Å². The van der Waals surface area contributed by atoms with E-state index in [2.05, 4.69) is 10.5 Å². The van der Waals surface area contributed by atoms with Crippen LogP contribution >= 0.6 is 0 Å². The Kier molecular flexibility index (Phi) is 3.46. The van der Waals surface area contributed by atoms with Gasteiger partial charge in [-0.15, -0.1) is 0 Å². The van der Waals surface area contributed by atoms with E-state index in [9.17, 15) is 9.59 Å². The van der Waals surface area contributed by atoms with Gasteiger partial charge in [0.05, 0.1) is 0 Å². The average molecular weight is 277 g/mol. The molecule has 3 rings (SSSR count). The quantitative estimate of drug-likeness (QED) is 0.898. The lowest BCUT2D eigenvalue weighted by atomic mass is 10.0. The van der Waals surface area contributed by atoms with Gasteiger partial charge in [0.2, 0.25) is 5.91 Å². The van der Waals surface area contributed by atoms with Crippen LogP contribution in [0.25, 0.3) is 0 Å². The molecule has 6 heteroatoms. The molecule has 20 heavy (non-hydrogen) atoms. The number of likely N-dealkylation sites (tertiary alicyclic amines) is 1. The topological polar surface area (TPSA) is 75.4 Å². The number of carbonyl (C=O) groups is 2. The van der Waals surface area contributed by atoms with Gasteiger partial charge in [-0.05, 0) is 32.6 Å². The van der Waals surface area contributed by atoms with Gasteiger partial charge in [-0.3, -0.25) is 9.59 Å². The summed E-state index contributed by atoms with van der Waals surface area (Å²) in [5.41, 5.74) is 0.364. The summed E-state index contributed by atoms with van der Waals surface area (Å²) in [6.07, 6.45) is 3.66. The number of hydrogen-bond acceptors (Lipinski definition) is 4. The first-order chi connectivity index (χ1) is 9.63. The Morgan fingerprint density at radius 3 is 2.55 bits per heavy atom. The summed E-state index contributed by atoms with van der Waals surface area (Å²) < 4.78 is 4.93. The van der Waals surface area contributed by atoms with Crippen molar-refractivity contribution in [1.82, 2.24) is 15.4 Å². The normalized spacial score (nSPS) is 19.9. The van der Waals surface area contributed by atoms with Crippen molar-refractivity contribution in [2.24, 2.45) is 5.92 Å². The van der Waals surface area contributed by atoms with Gasteiger partial charge in [0.1, 0.15) is 5.76 Å². The molecule has 2 aliphatic rings. The van der Waals surface area contributed by atoms with Crippen LogP contribution in [0, 0.1) is 12.8 Å². The lowest BCUT2D eigenvalue weighted by molar-refractivity contribution is -0.123. The summed E-state index contributed by atoms with van der Waals surface area (Å²) in [7, 11) is 0. The molecule has 0 unspecified atom stereocenters. The SMILES string of the molecule is Cc1cc(C(=O)N2CCC(NC(=O)C3CC3)CC2)no1. The Morgan fingerprint density at radius 1 is 1.30 bits per heavy atom. The van der Waals surface area contributed by atoms with E-state index in [1.54, 1.807) is 17.9 Å². The Labute approximate surface area is 117 Å². The Hall–Kier alpha value is -1.85. The van der Waals surface area contributed by atoms with Crippen molar-refractivity contribution >= 4 is 11.8 Å². The number of aromatic nitrogens is 1. The summed E-state index contributed by atoms with van der Waals surface area (Å²) in [5.74, 6) is 0.975. The highest BCUT2D eigenvalue weighted by Gasteiger charge is 2.32. The molecule has 0 aromatic carbocycles. The minimum Gasteiger partial charge on any atom is -0.361 e. The van der Waals surface area contributed by atoms with Crippen molar-refractivity contribution in [2.75, 3.05) is 13.1 Å². The highest BCUT2D eigenvalue weighted by molar-refractivity contribution is 5.92. The summed E-state index contributed by atoms with van der Waals surface area (Å²) >= 11 is 0. The third kappa shape index (κ3) is 2.84. The van der Waals surface area contributed by atoms with Gasteiger partial charge < -0.3 is 14.7 Å². The first-order valence-electron chi connectivity index (χ1n) is 7.16. The maximum atomic E-state index is 12.2. The van der Waals surface area contributed by atoms with Crippen LogP contribution in [0.15, 0.2) is 10.6 Å². The van der Waals surface area contributed by atoms with Gasteiger partial charge >= 0.3 is 0 Å². The molecule has 108 valence electrons. The van der Waals surface area contributed by atoms with Gasteiger partial charge in [0.25, 0.3) is 5.91 Å². The maximum absolute atomic E-state index is 12.2. The van der Waals surface area contributed by atoms with Crippen LogP contribution in [-0.4, -0.2) is 41.0 Å². The predicted molar refractivity (Wildman–Crippen MR) is 71.0 cm³/mol. The molecule has 1 aliphatic carbocycles. The second kappa shape index (κ2) is 5.26. The number of aryl methyl sites for hydroxylation is 1. The van der Waals surface area contributed by atoms with Gasteiger partial charge in [-0.2, -0.15) is 0 Å². The van der Waals surface area contributed by atoms with Gasteiger partial charge in [0, 0.05) is 31.1 Å². The highest BCUT2D eigenvalue weighted by atomic mass is 16.5. The molecular weight excluding hydrogens is 258 g/mol. The smallest absolute Gasteiger partial charge is 0.276 e. The number of nitrogens with zero attached hydrogens (tertiary/aromatic N) is 2. The Balaban J connectivity index is 1.50. The standard InChI is InChI=1S/C14H19N3O3/c1-9-8-12(16-20-9)14(19)17-6-4-11(5-7-17)15-13(18)10-2-3-10/h8,10-11H,2-7H2,1H3,(H,15,18). The van der Waals surface area contributed by atoms with Crippen LogP contribution < -0.4 is 5.32 Å². The molecule has 1 N–H and O–H groups in total. The molecule has 0 atom stereocenters. The van der Waals surface area contributed by atoms with Crippen LogP contribution in [0.2, 0.25) is 0 Å². The van der Waals surface area contributed by atoms with Crippen molar-refractivity contribution in [3.05, 3.63) is 17.5 Å². The van der Waals surface area contributed by atoms with Gasteiger partial charge in [-0.1, -0.05) is 5.16 Å². The van der Waals surface area contributed by atoms with E-state index in [4.69, 9.17) is 4.52 Å². The van der Waals surface area contributed by atoms with Gasteiger partial charge in [0.15, 0.2) is 5.69 Å². The van der Waals surface area contributed by atoms with E-state index >= 15 is 0 Å². The summed E-state index contributed by atoms with van der Waals surface area (Å²) in [5, 5.41) is 6.83. The minimum atomic E-state index is -0.0891. The lowest BCUT2D eigenvalue weighted by Crippen LogP contribution is -2.47. The van der Waals surface area contributed by atoms with Crippen LogP contribution in [0.5, 0.6) is 0 Å². The molecule has 2 fully saturated rings. The zero-order chi connectivity index (χ0) is 14.1. The fraction of sp³-hybridized carbons (Fsp3) is 0.643. The van der Waals surface area contributed by atoms with E-state index in [0.717, 1.165) is 25.7 Å². The van der Waals surface area contributed by atoms with E-state index in [1.807, 2.05) is 0 Å². The molecule has 0 bridgehead atoms. The van der Waals surface area contributed by atoms with Crippen molar-refractivity contribution in [3.8, 4) is 0 Å². The molecule has 6 nitrogen and oxygen atoms in total. The Bertz CT molecular complexity index is 513. The number of rotatable bonds is 3. The van der Waals surface area contributed by atoms with Crippen molar-refractivity contribution in [1.29, 1.82) is 0 Å². The number of hydrogen-bond donors (Lipinski definition) is 1. The first kappa shape index (κ1) is 13.1. The summed E-state index contributed by atoms with van der Waals surface area (Å²) in [6, 6.07) is 1.86. The molecule has 1 aromatic heterocycles. The Morgan fingerprint density at radius 2 is 2.00 bits per heavy atom. The van der Waals surface area contributed by atoms with Crippen LogP contribution in [0.3, 0.4) is 0 Å². The van der Waals surface area contributed by atoms with E-state index in [1.165, 1.54) is 0 Å². The largest absolute Gasteiger partial charge is 0.361 e. The zero-order valence-electron chi connectivity index (χ0n) is 11.6. The number of carbonyl (C=O) groups excluding carboxylic acids is 2. The van der Waals surface area contributed by atoms with E-state index in [-0.39, 0.29) is 23.8 Å². The molecule has 0 spiro atoms. The molecular formula is C14H19N3O3. The second-order valence-electron chi connectivity index (χ2n) is 5.67. The minimum absolute atomic E-state index is 0.0891. The predicted octanol–water partition coefficient (Wildman–Crippen LogP) is 1.11. The van der Waals surface area contributed by atoms with E-state index in [0.29, 0.717) is 24.5 Å².